The third kappa shape index (κ3) is 3.20. The SMILES string of the molecule is COc1ccc(S(=O)(=O)N2CCC[C@H](C(=O)O)[C@@H]2C)cc1[N+](=O)[O-]. The van der Waals surface area contributed by atoms with Gasteiger partial charge >= 0.3 is 11.7 Å². The van der Waals surface area contributed by atoms with Crippen molar-refractivity contribution in [3.63, 3.8) is 0 Å². The van der Waals surface area contributed by atoms with Crippen molar-refractivity contribution >= 4 is 21.7 Å². The number of hydrogen-bond donors (Lipinski definition) is 1. The van der Waals surface area contributed by atoms with Crippen LogP contribution >= 0.6 is 0 Å². The third-order valence-electron chi connectivity index (χ3n) is 4.20. The maximum absolute atomic E-state index is 12.8. The highest BCUT2D eigenvalue weighted by Gasteiger charge is 2.40. The summed E-state index contributed by atoms with van der Waals surface area (Å²) < 4.78 is 31.6. The van der Waals surface area contributed by atoms with Gasteiger partial charge in [0.25, 0.3) is 0 Å². The largest absolute Gasteiger partial charge is 0.490 e. The molecule has 1 N–H and O–H groups in total. The van der Waals surface area contributed by atoms with Gasteiger partial charge in [-0.05, 0) is 31.9 Å². The van der Waals surface area contributed by atoms with E-state index in [9.17, 15) is 28.4 Å². The van der Waals surface area contributed by atoms with Crippen LogP contribution in [0.4, 0.5) is 5.69 Å². The van der Waals surface area contributed by atoms with E-state index in [-0.39, 0.29) is 17.2 Å². The van der Waals surface area contributed by atoms with E-state index in [0.29, 0.717) is 12.8 Å². The number of nitro groups is 1. The normalized spacial score (nSPS) is 22.1. The molecule has 1 aromatic rings. The van der Waals surface area contributed by atoms with Gasteiger partial charge in [-0.15, -0.1) is 0 Å². The number of nitrogens with zero attached hydrogens (tertiary/aromatic N) is 2. The first kappa shape index (κ1) is 18.1. The predicted molar refractivity (Wildman–Crippen MR) is 83.4 cm³/mol. The van der Waals surface area contributed by atoms with Gasteiger partial charge < -0.3 is 9.84 Å². The Bertz CT molecular complexity index is 762. The first-order valence-electron chi connectivity index (χ1n) is 7.27. The molecular formula is C14H18N2O7S. The summed E-state index contributed by atoms with van der Waals surface area (Å²) >= 11 is 0. The van der Waals surface area contributed by atoms with Crippen LogP contribution in [0, 0.1) is 16.0 Å². The van der Waals surface area contributed by atoms with Crippen molar-refractivity contribution in [1.82, 2.24) is 4.31 Å². The maximum Gasteiger partial charge on any atom is 0.312 e. The maximum atomic E-state index is 12.8. The molecule has 0 aliphatic carbocycles. The van der Waals surface area contributed by atoms with E-state index in [0.717, 1.165) is 10.4 Å². The molecule has 2 atom stereocenters. The number of hydrogen-bond acceptors (Lipinski definition) is 6. The number of benzene rings is 1. The van der Waals surface area contributed by atoms with Gasteiger partial charge in [0.1, 0.15) is 0 Å². The quantitative estimate of drug-likeness (QED) is 0.623. The molecule has 0 spiro atoms. The average Bonchev–Trinajstić information content (AvgIpc) is 2.53. The lowest BCUT2D eigenvalue weighted by Gasteiger charge is -2.36. The molecule has 1 fully saturated rings. The number of carboxylic acid groups (broad SMARTS) is 1. The van der Waals surface area contributed by atoms with Gasteiger partial charge in [0.2, 0.25) is 10.0 Å². The lowest BCUT2D eigenvalue weighted by atomic mass is 9.92. The fourth-order valence-electron chi connectivity index (χ4n) is 2.89. The monoisotopic (exact) mass is 358 g/mol. The number of methoxy groups -OCH3 is 1. The summed E-state index contributed by atoms with van der Waals surface area (Å²) in [7, 11) is -2.80. The van der Waals surface area contributed by atoms with E-state index in [1.807, 2.05) is 0 Å². The zero-order valence-corrected chi connectivity index (χ0v) is 14.0. The van der Waals surface area contributed by atoms with Crippen LogP contribution in [-0.2, 0) is 14.8 Å². The van der Waals surface area contributed by atoms with E-state index in [4.69, 9.17) is 4.74 Å². The first-order chi connectivity index (χ1) is 11.2. The molecule has 9 nitrogen and oxygen atoms in total. The summed E-state index contributed by atoms with van der Waals surface area (Å²) in [6.07, 6.45) is 0.810. The second-order valence-corrected chi connectivity index (χ2v) is 7.42. The molecule has 10 heteroatoms. The van der Waals surface area contributed by atoms with Gasteiger partial charge in [-0.1, -0.05) is 0 Å². The minimum absolute atomic E-state index is 0.0472. The van der Waals surface area contributed by atoms with Crippen LogP contribution in [0.25, 0.3) is 0 Å². The molecule has 0 aromatic heterocycles. The van der Waals surface area contributed by atoms with Crippen molar-refractivity contribution in [1.29, 1.82) is 0 Å². The zero-order valence-electron chi connectivity index (χ0n) is 13.2. The van der Waals surface area contributed by atoms with E-state index in [1.165, 1.54) is 26.2 Å². The van der Waals surface area contributed by atoms with Gasteiger partial charge in [-0.2, -0.15) is 4.31 Å². The molecule has 0 bridgehead atoms. The first-order valence-corrected chi connectivity index (χ1v) is 8.71. The highest BCUT2D eigenvalue weighted by atomic mass is 32.2. The number of carboxylic acids is 1. The van der Waals surface area contributed by atoms with Crippen LogP contribution in [-0.4, -0.2) is 48.4 Å². The Morgan fingerprint density at radius 1 is 1.46 bits per heavy atom. The molecule has 24 heavy (non-hydrogen) atoms. The van der Waals surface area contributed by atoms with Crippen LogP contribution in [0.3, 0.4) is 0 Å². The van der Waals surface area contributed by atoms with Gasteiger partial charge in [0.05, 0.1) is 22.8 Å². The standard InChI is InChI=1S/C14H18N2O7S/c1-9-11(14(17)18)4-3-7-15(9)24(21,22)10-5-6-13(23-2)12(8-10)16(19)20/h5-6,8-9,11H,3-4,7H2,1-2H3,(H,17,18)/t9-,11-/m0/s1. The van der Waals surface area contributed by atoms with E-state index in [1.54, 1.807) is 0 Å². The van der Waals surface area contributed by atoms with Gasteiger partial charge in [0, 0.05) is 18.7 Å². The predicted octanol–water partition coefficient (Wildman–Crippen LogP) is 1.48. The Morgan fingerprint density at radius 2 is 2.12 bits per heavy atom. The molecule has 1 aliphatic rings. The van der Waals surface area contributed by atoms with Crippen molar-refractivity contribution < 1.29 is 28.0 Å². The smallest absolute Gasteiger partial charge is 0.312 e. The van der Waals surface area contributed by atoms with Crippen molar-refractivity contribution in [2.24, 2.45) is 5.92 Å². The van der Waals surface area contributed by atoms with Gasteiger partial charge in [-0.25, -0.2) is 8.42 Å². The van der Waals surface area contributed by atoms with Gasteiger partial charge in [0.15, 0.2) is 5.75 Å². The number of aliphatic carboxylic acids is 1. The van der Waals surface area contributed by atoms with E-state index >= 15 is 0 Å². The Hall–Kier alpha value is -2.20. The molecule has 1 aromatic carbocycles. The average molecular weight is 358 g/mol. The highest BCUT2D eigenvalue weighted by Crippen LogP contribution is 2.33. The molecule has 0 unspecified atom stereocenters. The lowest BCUT2D eigenvalue weighted by Crippen LogP contribution is -2.48. The summed E-state index contributed by atoms with van der Waals surface area (Å²) in [5.74, 6) is -1.90. The molecule has 0 amide bonds. The second kappa shape index (κ2) is 6.73. The molecule has 0 saturated carbocycles. The molecule has 2 rings (SSSR count). The minimum atomic E-state index is -4.05. The summed E-state index contributed by atoms with van der Waals surface area (Å²) in [6, 6.07) is 2.64. The van der Waals surface area contributed by atoms with Crippen molar-refractivity contribution in [3.8, 4) is 5.75 Å². The fourth-order valence-corrected chi connectivity index (χ4v) is 4.62. The summed E-state index contributed by atoms with van der Waals surface area (Å²) in [4.78, 5) is 21.4. The second-order valence-electron chi connectivity index (χ2n) is 5.53. The number of sulfonamides is 1. The zero-order chi connectivity index (χ0) is 18.1. The highest BCUT2D eigenvalue weighted by molar-refractivity contribution is 7.89. The molecule has 0 radical (unpaired) electrons. The van der Waals surface area contributed by atoms with Crippen molar-refractivity contribution in [2.75, 3.05) is 13.7 Å². The van der Waals surface area contributed by atoms with Gasteiger partial charge in [-0.3, -0.25) is 14.9 Å². The van der Waals surface area contributed by atoms with Crippen molar-refractivity contribution in [2.45, 2.75) is 30.7 Å². The third-order valence-corrected chi connectivity index (χ3v) is 6.18. The van der Waals surface area contributed by atoms with E-state index < -0.39 is 38.6 Å². The lowest BCUT2D eigenvalue weighted by molar-refractivity contribution is -0.386. The number of carbonyl (C=O) groups is 1. The topological polar surface area (TPSA) is 127 Å². The van der Waals surface area contributed by atoms with Crippen LogP contribution in [0.2, 0.25) is 0 Å². The van der Waals surface area contributed by atoms with Crippen LogP contribution in [0.5, 0.6) is 5.75 Å². The molecular weight excluding hydrogens is 340 g/mol. The number of rotatable bonds is 5. The number of nitro benzene ring substituents is 1. The molecule has 1 heterocycles. The molecule has 1 aliphatic heterocycles. The van der Waals surface area contributed by atoms with E-state index in [2.05, 4.69) is 0 Å². The molecule has 132 valence electrons. The Morgan fingerprint density at radius 3 is 2.67 bits per heavy atom. The van der Waals surface area contributed by atoms with Crippen LogP contribution in [0.1, 0.15) is 19.8 Å². The Balaban J connectivity index is 2.45. The summed E-state index contributed by atoms with van der Waals surface area (Å²) in [6.45, 7) is 1.71. The summed E-state index contributed by atoms with van der Waals surface area (Å²) in [5, 5.41) is 20.3. The van der Waals surface area contributed by atoms with Crippen LogP contribution in [0.15, 0.2) is 23.1 Å². The minimum Gasteiger partial charge on any atom is -0.490 e. The Labute approximate surface area is 139 Å². The fraction of sp³-hybridized carbons (Fsp3) is 0.500. The van der Waals surface area contributed by atoms with Crippen molar-refractivity contribution in [3.05, 3.63) is 28.3 Å². The molecule has 1 saturated heterocycles. The Kier molecular flexibility index (Phi) is 5.09. The van der Waals surface area contributed by atoms with Crippen LogP contribution < -0.4 is 4.74 Å². The number of ether oxygens (including phenoxy) is 1. The number of piperidine rings is 1. The summed E-state index contributed by atoms with van der Waals surface area (Å²) in [5.41, 5.74) is -0.460.